The number of benzene rings is 1. The number of hydrogen-bond donors (Lipinski definition) is 1. The van der Waals surface area contributed by atoms with E-state index in [1.54, 1.807) is 0 Å². The van der Waals surface area contributed by atoms with Gasteiger partial charge < -0.3 is 10.1 Å². The minimum atomic E-state index is 0.0404. The Bertz CT molecular complexity index is 494. The molecule has 1 saturated carbocycles. The molecule has 1 aliphatic carbocycles. The van der Waals surface area contributed by atoms with Crippen molar-refractivity contribution in [3.63, 3.8) is 0 Å². The zero-order valence-electron chi connectivity index (χ0n) is 13.1. The van der Waals surface area contributed by atoms with E-state index in [0.717, 1.165) is 36.1 Å². The highest BCUT2D eigenvalue weighted by Gasteiger charge is 2.42. The Hall–Kier alpha value is -0.730. The third kappa shape index (κ3) is 3.22. The van der Waals surface area contributed by atoms with Gasteiger partial charge in [-0.1, -0.05) is 25.4 Å². The van der Waals surface area contributed by atoms with Gasteiger partial charge in [-0.05, 0) is 62.8 Å². The SMILES string of the molecule is CCCNC1CC2(CCC(C)CC2)Oc2ccc(Cl)cc21. The summed E-state index contributed by atoms with van der Waals surface area (Å²) < 4.78 is 6.48. The van der Waals surface area contributed by atoms with Crippen LogP contribution in [0, 0.1) is 5.92 Å². The Balaban J connectivity index is 1.87. The highest BCUT2D eigenvalue weighted by atomic mass is 35.5. The van der Waals surface area contributed by atoms with Crippen LogP contribution in [0.3, 0.4) is 0 Å². The molecule has 0 radical (unpaired) electrons. The Morgan fingerprint density at radius 2 is 2.10 bits per heavy atom. The van der Waals surface area contributed by atoms with Gasteiger partial charge >= 0.3 is 0 Å². The summed E-state index contributed by atoms with van der Waals surface area (Å²) in [5.41, 5.74) is 1.28. The van der Waals surface area contributed by atoms with Gasteiger partial charge in [0.15, 0.2) is 0 Å². The number of rotatable bonds is 3. The first kappa shape index (κ1) is 15.2. The maximum Gasteiger partial charge on any atom is 0.125 e. The van der Waals surface area contributed by atoms with Gasteiger partial charge in [0.25, 0.3) is 0 Å². The molecule has 1 atom stereocenters. The zero-order chi connectivity index (χ0) is 14.9. The highest BCUT2D eigenvalue weighted by molar-refractivity contribution is 6.30. The second-order valence-corrected chi connectivity index (χ2v) is 7.30. The van der Waals surface area contributed by atoms with Gasteiger partial charge in [-0.15, -0.1) is 0 Å². The standard InChI is InChI=1S/C18H26ClNO/c1-3-10-20-16-12-18(8-6-13(2)7-9-18)21-17-5-4-14(19)11-15(16)17/h4-5,11,13,16,20H,3,6-10,12H2,1-2H3. The van der Waals surface area contributed by atoms with Crippen molar-refractivity contribution in [2.75, 3.05) is 6.54 Å². The number of hydrogen-bond acceptors (Lipinski definition) is 2. The third-order valence-electron chi connectivity index (χ3n) is 5.08. The van der Waals surface area contributed by atoms with Gasteiger partial charge in [-0.3, -0.25) is 0 Å². The molecule has 1 N–H and O–H groups in total. The maximum atomic E-state index is 6.48. The van der Waals surface area contributed by atoms with Gasteiger partial charge in [-0.25, -0.2) is 0 Å². The number of halogens is 1. The molecule has 116 valence electrons. The monoisotopic (exact) mass is 307 g/mol. The molecule has 0 saturated heterocycles. The normalized spacial score (nSPS) is 31.8. The Morgan fingerprint density at radius 3 is 2.81 bits per heavy atom. The zero-order valence-corrected chi connectivity index (χ0v) is 13.9. The third-order valence-corrected chi connectivity index (χ3v) is 5.31. The highest BCUT2D eigenvalue weighted by Crippen LogP contribution is 2.47. The van der Waals surface area contributed by atoms with Crippen molar-refractivity contribution in [2.24, 2.45) is 5.92 Å². The first-order chi connectivity index (χ1) is 10.1. The molecule has 1 aromatic carbocycles. The lowest BCUT2D eigenvalue weighted by Gasteiger charge is -2.46. The average molecular weight is 308 g/mol. The molecule has 0 aromatic heterocycles. The molecule has 3 rings (SSSR count). The van der Waals surface area contributed by atoms with Gasteiger partial charge in [-0.2, -0.15) is 0 Å². The van der Waals surface area contributed by atoms with Crippen molar-refractivity contribution < 1.29 is 4.74 Å². The summed E-state index contributed by atoms with van der Waals surface area (Å²) >= 11 is 6.19. The maximum absolute atomic E-state index is 6.48. The van der Waals surface area contributed by atoms with Crippen LogP contribution in [0.15, 0.2) is 18.2 Å². The molecule has 1 heterocycles. The van der Waals surface area contributed by atoms with Crippen molar-refractivity contribution in [2.45, 2.75) is 64.0 Å². The van der Waals surface area contributed by atoms with Gasteiger partial charge in [0.2, 0.25) is 0 Å². The van der Waals surface area contributed by atoms with Crippen molar-refractivity contribution >= 4 is 11.6 Å². The Kier molecular flexibility index (Phi) is 4.46. The van der Waals surface area contributed by atoms with E-state index in [9.17, 15) is 0 Å². The fraction of sp³-hybridized carbons (Fsp3) is 0.667. The summed E-state index contributed by atoms with van der Waals surface area (Å²) in [7, 11) is 0. The molecule has 1 spiro atoms. The van der Waals surface area contributed by atoms with Gasteiger partial charge in [0, 0.05) is 23.0 Å². The molecular weight excluding hydrogens is 282 g/mol. The van der Waals surface area contributed by atoms with Crippen LogP contribution >= 0.6 is 11.6 Å². The first-order valence-electron chi connectivity index (χ1n) is 8.34. The van der Waals surface area contributed by atoms with E-state index in [2.05, 4.69) is 31.3 Å². The van der Waals surface area contributed by atoms with Crippen molar-refractivity contribution in [1.82, 2.24) is 5.32 Å². The largest absolute Gasteiger partial charge is 0.487 e. The van der Waals surface area contributed by atoms with Crippen molar-refractivity contribution in [3.8, 4) is 5.75 Å². The first-order valence-corrected chi connectivity index (χ1v) is 8.71. The smallest absolute Gasteiger partial charge is 0.125 e. The van der Waals surface area contributed by atoms with E-state index in [0.29, 0.717) is 6.04 Å². The molecule has 1 unspecified atom stereocenters. The van der Waals surface area contributed by atoms with Gasteiger partial charge in [0.1, 0.15) is 11.4 Å². The minimum absolute atomic E-state index is 0.0404. The summed E-state index contributed by atoms with van der Waals surface area (Å²) in [5, 5.41) is 4.50. The van der Waals surface area contributed by atoms with E-state index in [1.807, 2.05) is 6.07 Å². The molecule has 3 heteroatoms. The van der Waals surface area contributed by atoms with E-state index in [1.165, 1.54) is 31.2 Å². The molecular formula is C18H26ClNO. The molecule has 1 aliphatic heterocycles. The molecule has 2 nitrogen and oxygen atoms in total. The van der Waals surface area contributed by atoms with Gasteiger partial charge in [0.05, 0.1) is 0 Å². The summed E-state index contributed by atoms with van der Waals surface area (Å²) in [4.78, 5) is 0. The molecule has 21 heavy (non-hydrogen) atoms. The van der Waals surface area contributed by atoms with Crippen LogP contribution in [0.25, 0.3) is 0 Å². The summed E-state index contributed by atoms with van der Waals surface area (Å²) in [6, 6.07) is 6.45. The number of ether oxygens (including phenoxy) is 1. The fourth-order valence-corrected chi connectivity index (χ4v) is 3.92. The molecule has 0 bridgehead atoms. The van der Waals surface area contributed by atoms with Crippen molar-refractivity contribution in [1.29, 1.82) is 0 Å². The van der Waals surface area contributed by atoms with Crippen LogP contribution in [0.1, 0.15) is 64.0 Å². The molecule has 2 aliphatic rings. The number of nitrogens with one attached hydrogen (secondary N) is 1. The van der Waals surface area contributed by atoms with Crippen LogP contribution in [-0.4, -0.2) is 12.1 Å². The van der Waals surface area contributed by atoms with Crippen LogP contribution in [0.5, 0.6) is 5.75 Å². The topological polar surface area (TPSA) is 21.3 Å². The lowest BCUT2D eigenvalue weighted by atomic mass is 9.74. The predicted molar refractivity (Wildman–Crippen MR) is 88.1 cm³/mol. The predicted octanol–water partition coefficient (Wildman–Crippen LogP) is 5.11. The van der Waals surface area contributed by atoms with Crippen LogP contribution < -0.4 is 10.1 Å². The number of fused-ring (bicyclic) bond motifs is 1. The second-order valence-electron chi connectivity index (χ2n) is 6.86. The molecule has 1 fully saturated rings. The van der Waals surface area contributed by atoms with Crippen LogP contribution in [-0.2, 0) is 0 Å². The van der Waals surface area contributed by atoms with Crippen molar-refractivity contribution in [3.05, 3.63) is 28.8 Å². The van der Waals surface area contributed by atoms with E-state index in [-0.39, 0.29) is 5.60 Å². The quantitative estimate of drug-likeness (QED) is 0.837. The fourth-order valence-electron chi connectivity index (χ4n) is 3.74. The molecule has 0 amide bonds. The summed E-state index contributed by atoms with van der Waals surface area (Å²) in [6.45, 7) is 5.61. The Morgan fingerprint density at radius 1 is 1.33 bits per heavy atom. The van der Waals surface area contributed by atoms with E-state index >= 15 is 0 Å². The Labute approximate surface area is 133 Å². The summed E-state index contributed by atoms with van der Waals surface area (Å²) in [5.74, 6) is 1.88. The lowest BCUT2D eigenvalue weighted by molar-refractivity contribution is -0.0127. The van der Waals surface area contributed by atoms with E-state index < -0.39 is 0 Å². The van der Waals surface area contributed by atoms with Crippen LogP contribution in [0.2, 0.25) is 5.02 Å². The van der Waals surface area contributed by atoms with E-state index in [4.69, 9.17) is 16.3 Å². The average Bonchev–Trinajstić information content (AvgIpc) is 2.49. The van der Waals surface area contributed by atoms with Crippen LogP contribution in [0.4, 0.5) is 0 Å². The molecule has 1 aromatic rings. The minimum Gasteiger partial charge on any atom is -0.487 e. The second kappa shape index (κ2) is 6.18. The summed E-state index contributed by atoms with van der Waals surface area (Å²) in [6.07, 6.45) is 7.15. The lowest BCUT2D eigenvalue weighted by Crippen LogP contribution is -2.46.